The van der Waals surface area contributed by atoms with Crippen molar-refractivity contribution in [3.8, 4) is 22.6 Å². The summed E-state index contributed by atoms with van der Waals surface area (Å²) in [5.74, 6) is -0.902. The van der Waals surface area contributed by atoms with Gasteiger partial charge >= 0.3 is 18.5 Å². The highest BCUT2D eigenvalue weighted by molar-refractivity contribution is 5.77. The van der Waals surface area contributed by atoms with Crippen molar-refractivity contribution in [3.63, 3.8) is 0 Å². The highest BCUT2D eigenvalue weighted by Gasteiger charge is 2.35. The van der Waals surface area contributed by atoms with Crippen LogP contribution in [0.5, 0.6) is 11.5 Å². The van der Waals surface area contributed by atoms with Crippen LogP contribution < -0.4 is 14.8 Å². The monoisotopic (exact) mass is 651 g/mol. The molecular formula is C34H26F9NO2. The summed E-state index contributed by atoms with van der Waals surface area (Å²) in [6.07, 6.45) is -11.7. The zero-order chi connectivity index (χ0) is 33.1. The van der Waals surface area contributed by atoms with Crippen LogP contribution in [-0.4, -0.2) is 13.1 Å². The van der Waals surface area contributed by atoms with E-state index in [2.05, 4.69) is 5.32 Å². The SMILES string of the molecule is FC(F)(F)c1cccc(-c2cc(COc3ccccc3C(F)(F)F)c(C3=CCNCC3)cc2COc2ccccc2C(F)(F)F)c1. The second-order valence-electron chi connectivity index (χ2n) is 10.5. The second kappa shape index (κ2) is 13.1. The summed E-state index contributed by atoms with van der Waals surface area (Å²) in [4.78, 5) is 0. The van der Waals surface area contributed by atoms with Crippen molar-refractivity contribution in [2.24, 2.45) is 0 Å². The van der Waals surface area contributed by atoms with Gasteiger partial charge in [-0.2, -0.15) is 39.5 Å². The highest BCUT2D eigenvalue weighted by Crippen LogP contribution is 2.40. The van der Waals surface area contributed by atoms with E-state index in [1.54, 1.807) is 6.07 Å². The summed E-state index contributed by atoms with van der Waals surface area (Å²) in [5, 5.41) is 3.15. The number of benzene rings is 4. The van der Waals surface area contributed by atoms with Crippen LogP contribution in [0.15, 0.2) is 91.0 Å². The van der Waals surface area contributed by atoms with Crippen molar-refractivity contribution in [2.45, 2.75) is 38.2 Å². The smallest absolute Gasteiger partial charge is 0.419 e. The fourth-order valence-corrected chi connectivity index (χ4v) is 5.19. The number of ether oxygens (including phenoxy) is 2. The molecule has 1 N–H and O–H groups in total. The standard InChI is InChI=1S/C34H26F9NO2/c35-32(36,37)25-7-5-6-22(16-25)27-18-23(19-45-30-10-3-1-8-28(30)33(38,39)40)26(21-12-14-44-15-13-21)17-24(27)20-46-31-11-4-2-9-29(31)34(41,42)43/h1-12,16-18,44H,13-15,19-20H2. The van der Waals surface area contributed by atoms with Crippen LogP contribution in [0.4, 0.5) is 39.5 Å². The Bertz CT molecular complexity index is 1720. The molecule has 0 spiro atoms. The molecule has 0 atom stereocenters. The van der Waals surface area contributed by atoms with Gasteiger partial charge in [0.1, 0.15) is 24.7 Å². The summed E-state index contributed by atoms with van der Waals surface area (Å²) in [7, 11) is 0. The van der Waals surface area contributed by atoms with E-state index < -0.39 is 53.3 Å². The van der Waals surface area contributed by atoms with E-state index in [4.69, 9.17) is 9.47 Å². The first-order chi connectivity index (χ1) is 21.7. The average molecular weight is 652 g/mol. The Kier molecular flexibility index (Phi) is 9.39. The molecule has 0 aromatic heterocycles. The third-order valence-corrected chi connectivity index (χ3v) is 7.39. The van der Waals surface area contributed by atoms with E-state index in [0.29, 0.717) is 30.6 Å². The number of para-hydroxylation sites is 2. The molecule has 0 unspecified atom stereocenters. The van der Waals surface area contributed by atoms with E-state index in [-0.39, 0.29) is 23.3 Å². The van der Waals surface area contributed by atoms with Crippen LogP contribution in [0.2, 0.25) is 0 Å². The van der Waals surface area contributed by atoms with E-state index >= 15 is 0 Å². The molecule has 1 aliphatic rings. The van der Waals surface area contributed by atoms with Gasteiger partial charge in [-0.15, -0.1) is 0 Å². The van der Waals surface area contributed by atoms with E-state index in [1.807, 2.05) is 6.08 Å². The highest BCUT2D eigenvalue weighted by atomic mass is 19.4. The first-order valence-electron chi connectivity index (χ1n) is 14.0. The van der Waals surface area contributed by atoms with Crippen LogP contribution in [0, 0.1) is 0 Å². The molecule has 0 saturated heterocycles. The third kappa shape index (κ3) is 7.67. The van der Waals surface area contributed by atoms with Gasteiger partial charge in [-0.25, -0.2) is 0 Å². The number of hydrogen-bond donors (Lipinski definition) is 1. The molecule has 46 heavy (non-hydrogen) atoms. The summed E-state index contributed by atoms with van der Waals surface area (Å²) in [6.45, 7) is 0.225. The van der Waals surface area contributed by atoms with Crippen molar-refractivity contribution >= 4 is 5.57 Å². The first kappa shape index (κ1) is 32.9. The predicted octanol–water partition coefficient (Wildman–Crippen LogP) is 9.94. The zero-order valence-electron chi connectivity index (χ0n) is 23.9. The molecule has 0 radical (unpaired) electrons. The molecular weight excluding hydrogens is 625 g/mol. The van der Waals surface area contributed by atoms with E-state index in [1.165, 1.54) is 48.5 Å². The summed E-state index contributed by atoms with van der Waals surface area (Å²) in [6, 6.07) is 16.7. The summed E-state index contributed by atoms with van der Waals surface area (Å²) in [5.41, 5.74) is -0.742. The van der Waals surface area contributed by atoms with Gasteiger partial charge in [-0.05, 0) is 94.9 Å². The van der Waals surface area contributed by atoms with Crippen LogP contribution in [0.1, 0.15) is 39.8 Å². The largest absolute Gasteiger partial charge is 0.488 e. The lowest BCUT2D eigenvalue weighted by molar-refractivity contribution is -0.139. The molecule has 1 aliphatic heterocycles. The molecule has 242 valence electrons. The van der Waals surface area contributed by atoms with Crippen LogP contribution in [-0.2, 0) is 31.7 Å². The lowest BCUT2D eigenvalue weighted by Crippen LogP contribution is -2.20. The Morgan fingerprint density at radius 2 is 1.13 bits per heavy atom. The molecule has 0 fully saturated rings. The van der Waals surface area contributed by atoms with Crippen molar-refractivity contribution in [2.75, 3.05) is 13.1 Å². The Labute approximate surface area is 258 Å². The predicted molar refractivity (Wildman–Crippen MR) is 154 cm³/mol. The quantitative estimate of drug-likeness (QED) is 0.193. The minimum absolute atomic E-state index is 0.0836. The molecule has 0 bridgehead atoms. The Hall–Kier alpha value is -4.45. The van der Waals surface area contributed by atoms with Gasteiger partial charge in [0.25, 0.3) is 0 Å². The van der Waals surface area contributed by atoms with E-state index in [0.717, 1.165) is 35.9 Å². The van der Waals surface area contributed by atoms with Crippen LogP contribution in [0.3, 0.4) is 0 Å². The number of halogens is 9. The fraction of sp³-hybridized carbons (Fsp3) is 0.235. The van der Waals surface area contributed by atoms with Crippen molar-refractivity contribution < 1.29 is 49.0 Å². The normalized spacial score (nSPS) is 14.2. The summed E-state index contributed by atoms with van der Waals surface area (Å²) < 4.78 is 134. The number of alkyl halides is 9. The Morgan fingerprint density at radius 1 is 0.587 bits per heavy atom. The number of hydrogen-bond acceptors (Lipinski definition) is 3. The topological polar surface area (TPSA) is 30.5 Å². The lowest BCUT2D eigenvalue weighted by atomic mass is 9.88. The minimum Gasteiger partial charge on any atom is -0.488 e. The van der Waals surface area contributed by atoms with Crippen molar-refractivity contribution in [1.29, 1.82) is 0 Å². The summed E-state index contributed by atoms with van der Waals surface area (Å²) >= 11 is 0. The maximum Gasteiger partial charge on any atom is 0.419 e. The molecule has 4 aromatic rings. The third-order valence-electron chi connectivity index (χ3n) is 7.39. The maximum atomic E-state index is 13.7. The molecule has 0 saturated carbocycles. The fourth-order valence-electron chi connectivity index (χ4n) is 5.19. The lowest BCUT2D eigenvalue weighted by Gasteiger charge is -2.23. The zero-order valence-corrected chi connectivity index (χ0v) is 23.9. The molecule has 4 aromatic carbocycles. The average Bonchev–Trinajstić information content (AvgIpc) is 3.02. The first-order valence-corrected chi connectivity index (χ1v) is 14.0. The minimum atomic E-state index is -4.72. The molecule has 0 aliphatic carbocycles. The maximum absolute atomic E-state index is 13.7. The molecule has 3 nitrogen and oxygen atoms in total. The second-order valence-corrected chi connectivity index (χ2v) is 10.5. The molecule has 1 heterocycles. The Balaban J connectivity index is 1.63. The van der Waals surface area contributed by atoms with Crippen molar-refractivity contribution in [3.05, 3.63) is 124 Å². The van der Waals surface area contributed by atoms with Gasteiger partial charge in [0.2, 0.25) is 0 Å². The number of rotatable bonds is 8. The van der Waals surface area contributed by atoms with Gasteiger partial charge in [0, 0.05) is 6.54 Å². The van der Waals surface area contributed by atoms with Crippen LogP contribution in [0.25, 0.3) is 16.7 Å². The van der Waals surface area contributed by atoms with E-state index in [9.17, 15) is 39.5 Å². The molecule has 0 amide bonds. The Morgan fingerprint density at radius 3 is 1.65 bits per heavy atom. The number of nitrogens with one attached hydrogen (secondary N) is 1. The van der Waals surface area contributed by atoms with Crippen molar-refractivity contribution in [1.82, 2.24) is 5.32 Å². The van der Waals surface area contributed by atoms with Gasteiger partial charge in [-0.3, -0.25) is 0 Å². The van der Waals surface area contributed by atoms with Gasteiger partial charge in [0.05, 0.1) is 16.7 Å². The van der Waals surface area contributed by atoms with Gasteiger partial charge < -0.3 is 14.8 Å². The molecule has 12 heteroatoms. The van der Waals surface area contributed by atoms with Gasteiger partial charge in [-0.1, -0.05) is 42.5 Å². The molecule has 5 rings (SSSR count). The van der Waals surface area contributed by atoms with Crippen LogP contribution >= 0.6 is 0 Å². The van der Waals surface area contributed by atoms with Gasteiger partial charge in [0.15, 0.2) is 0 Å².